The molecule has 2 fully saturated rings. The molecule has 202 valence electrons. The molecule has 2 aliphatic heterocycles. The maximum Gasteiger partial charge on any atom is 0.294 e. The molecule has 4 amide bonds. The summed E-state index contributed by atoms with van der Waals surface area (Å²) in [5, 5.41) is 2.83. The number of hydrogen-bond donors (Lipinski definition) is 1. The van der Waals surface area contributed by atoms with Crippen LogP contribution in [-0.2, 0) is 20.9 Å². The molecule has 0 saturated carbocycles. The minimum absolute atomic E-state index is 0.0426. The van der Waals surface area contributed by atoms with Crippen molar-refractivity contribution in [1.29, 1.82) is 0 Å². The van der Waals surface area contributed by atoms with Gasteiger partial charge in [0.1, 0.15) is 18.9 Å². The fourth-order valence-electron chi connectivity index (χ4n) is 4.90. The average Bonchev–Trinajstić information content (AvgIpc) is 3.36. The molecule has 0 unspecified atom stereocenters. The molecule has 1 atom stereocenters. The van der Waals surface area contributed by atoms with Crippen LogP contribution in [0.3, 0.4) is 0 Å². The fourth-order valence-corrected chi connectivity index (χ4v) is 6.09. The van der Waals surface area contributed by atoms with Crippen molar-refractivity contribution in [3.05, 3.63) is 69.4 Å². The second-order valence-electron chi connectivity index (χ2n) is 9.63. The third kappa shape index (κ3) is 5.94. The molecule has 0 aliphatic carbocycles. The molecule has 11 heteroatoms. The normalized spacial score (nSPS) is 18.8. The number of nitrogens with one attached hydrogen (secondary N) is 1. The van der Waals surface area contributed by atoms with Gasteiger partial charge in [-0.15, -0.1) is 0 Å². The maximum absolute atomic E-state index is 13.1. The summed E-state index contributed by atoms with van der Waals surface area (Å²) in [5.41, 5.74) is 1.88. The lowest BCUT2D eigenvalue weighted by Crippen LogP contribution is -2.43. The van der Waals surface area contributed by atoms with E-state index in [9.17, 15) is 23.6 Å². The van der Waals surface area contributed by atoms with Gasteiger partial charge in [-0.25, -0.2) is 4.39 Å². The molecular weight excluding hydrogens is 587 g/mol. The number of imide groups is 1. The Kier molecular flexibility index (Phi) is 7.90. The Morgan fingerprint density at radius 2 is 1.90 bits per heavy atom. The average molecular weight is 614 g/mol. The van der Waals surface area contributed by atoms with Gasteiger partial charge in [-0.3, -0.25) is 24.1 Å². The molecule has 0 bridgehead atoms. The number of anilines is 1. The van der Waals surface area contributed by atoms with E-state index in [1.807, 2.05) is 33.9 Å². The topological polar surface area (TPSA) is 91.7 Å². The third-order valence-corrected chi connectivity index (χ3v) is 8.29. The second kappa shape index (κ2) is 11.4. The van der Waals surface area contributed by atoms with Crippen molar-refractivity contribution in [2.24, 2.45) is 0 Å². The van der Waals surface area contributed by atoms with Crippen LogP contribution in [0.4, 0.5) is 14.9 Å². The second-order valence-corrected chi connectivity index (χ2v) is 11.5. The predicted octanol–water partition coefficient (Wildman–Crippen LogP) is 5.62. The number of fused-ring (bicyclic) bond motifs is 1. The molecule has 2 saturated heterocycles. The Labute approximate surface area is 237 Å². The van der Waals surface area contributed by atoms with Crippen molar-refractivity contribution < 1.29 is 23.6 Å². The van der Waals surface area contributed by atoms with E-state index in [2.05, 4.69) is 28.2 Å². The number of amides is 4. The SMILES string of the molecule is C[C@@H]1CCCCN1C(=O)Cn1cc(/C=C2\SC(=O)N(CC(=O)Nc3ccc(F)cc3)C2=O)c2cc(Br)ccc21. The highest BCUT2D eigenvalue weighted by molar-refractivity contribution is 9.10. The number of likely N-dealkylation sites (tertiary alicyclic amines) is 1. The van der Waals surface area contributed by atoms with Crippen LogP contribution in [0, 0.1) is 5.82 Å². The van der Waals surface area contributed by atoms with E-state index in [0.29, 0.717) is 11.3 Å². The van der Waals surface area contributed by atoms with E-state index < -0.39 is 29.4 Å². The van der Waals surface area contributed by atoms with E-state index in [-0.39, 0.29) is 23.4 Å². The number of hydrogen-bond acceptors (Lipinski definition) is 5. The van der Waals surface area contributed by atoms with Gasteiger partial charge in [-0.2, -0.15) is 0 Å². The minimum Gasteiger partial charge on any atom is -0.338 e. The Bertz CT molecular complexity index is 1500. The van der Waals surface area contributed by atoms with Crippen LogP contribution in [-0.4, -0.2) is 56.5 Å². The highest BCUT2D eigenvalue weighted by Crippen LogP contribution is 2.35. The Morgan fingerprint density at radius 1 is 1.13 bits per heavy atom. The van der Waals surface area contributed by atoms with Gasteiger partial charge >= 0.3 is 0 Å². The van der Waals surface area contributed by atoms with Crippen LogP contribution < -0.4 is 5.32 Å². The summed E-state index contributed by atoms with van der Waals surface area (Å²) in [6, 6.07) is 11.1. The summed E-state index contributed by atoms with van der Waals surface area (Å²) in [4.78, 5) is 54.3. The number of aromatic nitrogens is 1. The lowest BCUT2D eigenvalue weighted by atomic mass is 10.0. The third-order valence-electron chi connectivity index (χ3n) is 6.89. The monoisotopic (exact) mass is 612 g/mol. The standard InChI is InChI=1S/C28H26BrFN4O4S/c1-17-4-2-3-11-33(17)26(36)16-32-14-18(22-13-19(29)5-10-23(22)32)12-24-27(37)34(28(38)39-24)15-25(35)31-21-8-6-20(30)7-9-21/h5-10,12-14,17H,2-4,11,15-16H2,1H3,(H,31,35)/b24-12-/t17-/m1/s1. The fraction of sp³-hybridized carbons (Fsp3) is 0.286. The lowest BCUT2D eigenvalue weighted by Gasteiger charge is -2.33. The van der Waals surface area contributed by atoms with Crippen molar-refractivity contribution >= 4 is 73.3 Å². The molecule has 0 radical (unpaired) electrons. The van der Waals surface area contributed by atoms with Crippen molar-refractivity contribution in [1.82, 2.24) is 14.4 Å². The number of benzene rings is 2. The van der Waals surface area contributed by atoms with Crippen LogP contribution >= 0.6 is 27.7 Å². The first kappa shape index (κ1) is 27.1. The number of rotatable bonds is 6. The van der Waals surface area contributed by atoms with Crippen molar-refractivity contribution in [3.63, 3.8) is 0 Å². The maximum atomic E-state index is 13.1. The van der Waals surface area contributed by atoms with Crippen LogP contribution in [0.1, 0.15) is 31.7 Å². The largest absolute Gasteiger partial charge is 0.338 e. The smallest absolute Gasteiger partial charge is 0.294 e. The van der Waals surface area contributed by atoms with Gasteiger partial charge in [-0.05, 0) is 86.5 Å². The molecule has 5 rings (SSSR count). The number of thioether (sulfide) groups is 1. The summed E-state index contributed by atoms with van der Waals surface area (Å²) in [7, 11) is 0. The summed E-state index contributed by atoms with van der Waals surface area (Å²) in [5.74, 6) is -1.55. The van der Waals surface area contributed by atoms with Crippen LogP contribution in [0.5, 0.6) is 0 Å². The van der Waals surface area contributed by atoms with E-state index in [1.165, 1.54) is 24.3 Å². The lowest BCUT2D eigenvalue weighted by molar-refractivity contribution is -0.135. The van der Waals surface area contributed by atoms with E-state index >= 15 is 0 Å². The number of piperidine rings is 1. The van der Waals surface area contributed by atoms with Gasteiger partial charge in [0.05, 0.1) is 4.91 Å². The molecule has 3 aromatic rings. The summed E-state index contributed by atoms with van der Waals surface area (Å²) in [6.45, 7) is 2.53. The quantitative estimate of drug-likeness (QED) is 0.365. The Hall–Kier alpha value is -3.44. The van der Waals surface area contributed by atoms with Crippen LogP contribution in [0.25, 0.3) is 17.0 Å². The zero-order valence-corrected chi connectivity index (χ0v) is 23.6. The van der Waals surface area contributed by atoms with Gasteiger partial charge in [0.15, 0.2) is 0 Å². The zero-order valence-electron chi connectivity index (χ0n) is 21.2. The van der Waals surface area contributed by atoms with Gasteiger partial charge in [-0.1, -0.05) is 15.9 Å². The molecule has 8 nitrogen and oxygen atoms in total. The van der Waals surface area contributed by atoms with E-state index in [0.717, 1.165) is 57.8 Å². The molecule has 1 N–H and O–H groups in total. The van der Waals surface area contributed by atoms with E-state index in [1.54, 1.807) is 6.08 Å². The van der Waals surface area contributed by atoms with Crippen molar-refractivity contribution in [2.75, 3.05) is 18.4 Å². The number of halogens is 2. The van der Waals surface area contributed by atoms with Crippen LogP contribution in [0.2, 0.25) is 0 Å². The first-order valence-corrected chi connectivity index (χ1v) is 14.2. The van der Waals surface area contributed by atoms with Crippen molar-refractivity contribution in [3.8, 4) is 0 Å². The highest BCUT2D eigenvalue weighted by atomic mass is 79.9. The Morgan fingerprint density at radius 3 is 2.64 bits per heavy atom. The predicted molar refractivity (Wildman–Crippen MR) is 152 cm³/mol. The number of carbonyl (C=O) groups excluding carboxylic acids is 4. The summed E-state index contributed by atoms with van der Waals surface area (Å²) in [6.07, 6.45) is 6.56. The summed E-state index contributed by atoms with van der Waals surface area (Å²) >= 11 is 4.25. The first-order valence-electron chi connectivity index (χ1n) is 12.6. The van der Waals surface area contributed by atoms with Crippen LogP contribution in [0.15, 0.2) is 58.0 Å². The first-order chi connectivity index (χ1) is 18.7. The molecule has 2 aromatic carbocycles. The zero-order chi connectivity index (χ0) is 27.7. The number of carbonyl (C=O) groups is 4. The van der Waals surface area contributed by atoms with Gasteiger partial charge in [0.25, 0.3) is 11.1 Å². The molecule has 2 aliphatic rings. The van der Waals surface area contributed by atoms with Gasteiger partial charge < -0.3 is 14.8 Å². The van der Waals surface area contributed by atoms with Gasteiger partial charge in [0.2, 0.25) is 11.8 Å². The van der Waals surface area contributed by atoms with Gasteiger partial charge in [0, 0.05) is 45.4 Å². The minimum atomic E-state index is -0.576. The molecule has 0 spiro atoms. The molecular formula is C28H26BrFN4O4S. The number of nitrogens with zero attached hydrogens (tertiary/aromatic N) is 3. The Balaban J connectivity index is 1.36. The van der Waals surface area contributed by atoms with Crippen molar-refractivity contribution in [2.45, 2.75) is 38.8 Å². The molecule has 3 heterocycles. The molecule has 39 heavy (non-hydrogen) atoms. The highest BCUT2D eigenvalue weighted by Gasteiger charge is 2.36. The summed E-state index contributed by atoms with van der Waals surface area (Å²) < 4.78 is 15.8. The molecule has 1 aromatic heterocycles. The van der Waals surface area contributed by atoms with E-state index in [4.69, 9.17) is 0 Å².